The fourth-order valence-corrected chi connectivity index (χ4v) is 1.85. The van der Waals surface area contributed by atoms with Gasteiger partial charge in [-0.2, -0.15) is 0 Å². The van der Waals surface area contributed by atoms with Gasteiger partial charge in [-0.3, -0.25) is 9.78 Å². The van der Waals surface area contributed by atoms with Gasteiger partial charge in [0.05, 0.1) is 5.92 Å². The maximum absolute atomic E-state index is 11.0. The molecule has 92 valence electrons. The summed E-state index contributed by atoms with van der Waals surface area (Å²) in [6.07, 6.45) is 4.34. The predicted octanol–water partition coefficient (Wildman–Crippen LogP) is 2.86. The van der Waals surface area contributed by atoms with Crippen molar-refractivity contribution >= 4 is 5.97 Å². The minimum absolute atomic E-state index is 0.473. The monoisotopic (exact) mass is 241 g/mol. The summed E-state index contributed by atoms with van der Waals surface area (Å²) in [4.78, 5) is 15.0. The Hall–Kier alpha value is -2.16. The van der Waals surface area contributed by atoms with Crippen LogP contribution in [0.4, 0.5) is 0 Å². The van der Waals surface area contributed by atoms with Gasteiger partial charge in [0.15, 0.2) is 0 Å². The molecule has 1 aromatic heterocycles. The smallest absolute Gasteiger partial charge is 0.310 e. The number of nitrogens with zero attached hydrogens (tertiary/aromatic N) is 1. The first kappa shape index (κ1) is 12.3. The van der Waals surface area contributed by atoms with E-state index < -0.39 is 11.9 Å². The van der Waals surface area contributed by atoms with Gasteiger partial charge in [-0.15, -0.1) is 0 Å². The number of aromatic nitrogens is 1. The Morgan fingerprint density at radius 1 is 1.28 bits per heavy atom. The van der Waals surface area contributed by atoms with Crippen molar-refractivity contribution in [2.24, 2.45) is 0 Å². The van der Waals surface area contributed by atoms with Gasteiger partial charge >= 0.3 is 5.97 Å². The average molecular weight is 241 g/mol. The largest absolute Gasteiger partial charge is 0.481 e. The average Bonchev–Trinajstić information content (AvgIpc) is 2.39. The standard InChI is InChI=1S/C15H15NO2/c1-11(15(17)18)14-6-2-4-12(9-14)8-13-5-3-7-16-10-13/h2-7,9-11H,8H2,1H3,(H,17,18). The maximum atomic E-state index is 11.0. The lowest BCUT2D eigenvalue weighted by Gasteiger charge is -2.08. The van der Waals surface area contributed by atoms with E-state index in [0.29, 0.717) is 0 Å². The zero-order valence-corrected chi connectivity index (χ0v) is 10.2. The number of benzene rings is 1. The van der Waals surface area contributed by atoms with E-state index in [1.807, 2.05) is 42.6 Å². The summed E-state index contributed by atoms with van der Waals surface area (Å²) in [6.45, 7) is 1.70. The zero-order chi connectivity index (χ0) is 13.0. The van der Waals surface area contributed by atoms with E-state index >= 15 is 0 Å². The van der Waals surface area contributed by atoms with Crippen molar-refractivity contribution in [3.05, 3.63) is 65.5 Å². The van der Waals surface area contributed by atoms with Crippen molar-refractivity contribution in [3.8, 4) is 0 Å². The highest BCUT2D eigenvalue weighted by atomic mass is 16.4. The molecule has 0 fully saturated rings. The second kappa shape index (κ2) is 5.45. The predicted molar refractivity (Wildman–Crippen MR) is 69.5 cm³/mol. The number of carboxylic acid groups (broad SMARTS) is 1. The molecule has 1 unspecified atom stereocenters. The van der Waals surface area contributed by atoms with E-state index in [1.165, 1.54) is 0 Å². The van der Waals surface area contributed by atoms with Crippen molar-refractivity contribution in [1.82, 2.24) is 4.98 Å². The fourth-order valence-electron chi connectivity index (χ4n) is 1.85. The summed E-state index contributed by atoms with van der Waals surface area (Å²) in [7, 11) is 0. The Balaban J connectivity index is 2.20. The summed E-state index contributed by atoms with van der Waals surface area (Å²) < 4.78 is 0. The highest BCUT2D eigenvalue weighted by Gasteiger charge is 2.13. The third-order valence-corrected chi connectivity index (χ3v) is 2.95. The van der Waals surface area contributed by atoms with E-state index in [9.17, 15) is 4.79 Å². The minimum atomic E-state index is -0.798. The molecule has 2 aromatic rings. The van der Waals surface area contributed by atoms with E-state index in [2.05, 4.69) is 4.98 Å². The van der Waals surface area contributed by atoms with Crippen LogP contribution in [0.5, 0.6) is 0 Å². The van der Waals surface area contributed by atoms with Gasteiger partial charge < -0.3 is 5.11 Å². The molecule has 18 heavy (non-hydrogen) atoms. The van der Waals surface area contributed by atoms with Crippen LogP contribution in [0.2, 0.25) is 0 Å². The Bertz CT molecular complexity index is 537. The molecule has 0 amide bonds. The molecule has 0 radical (unpaired) electrons. The third kappa shape index (κ3) is 2.94. The number of hydrogen-bond donors (Lipinski definition) is 1. The number of aliphatic carboxylic acids is 1. The SMILES string of the molecule is CC(C(=O)O)c1cccc(Cc2cccnc2)c1. The first-order valence-electron chi connectivity index (χ1n) is 5.87. The number of carboxylic acids is 1. The number of carbonyl (C=O) groups is 1. The summed E-state index contributed by atoms with van der Waals surface area (Å²) in [5, 5.41) is 9.01. The van der Waals surface area contributed by atoms with Crippen LogP contribution < -0.4 is 0 Å². The van der Waals surface area contributed by atoms with Crippen molar-refractivity contribution in [3.63, 3.8) is 0 Å². The fraction of sp³-hybridized carbons (Fsp3) is 0.200. The molecule has 0 bridgehead atoms. The van der Waals surface area contributed by atoms with Crippen molar-refractivity contribution in [2.45, 2.75) is 19.3 Å². The second-order valence-electron chi connectivity index (χ2n) is 4.34. The zero-order valence-electron chi connectivity index (χ0n) is 10.2. The molecule has 3 nitrogen and oxygen atoms in total. The Morgan fingerprint density at radius 2 is 2.06 bits per heavy atom. The number of rotatable bonds is 4. The van der Waals surface area contributed by atoms with Crippen LogP contribution in [-0.4, -0.2) is 16.1 Å². The van der Waals surface area contributed by atoms with Gasteiger partial charge in [0.25, 0.3) is 0 Å². The molecule has 1 aromatic carbocycles. The van der Waals surface area contributed by atoms with Gasteiger partial charge in [0, 0.05) is 12.4 Å². The quantitative estimate of drug-likeness (QED) is 0.895. The minimum Gasteiger partial charge on any atom is -0.481 e. The normalized spacial score (nSPS) is 12.1. The Kier molecular flexibility index (Phi) is 3.72. The van der Waals surface area contributed by atoms with Crippen molar-refractivity contribution in [1.29, 1.82) is 0 Å². The molecule has 1 atom stereocenters. The summed E-state index contributed by atoms with van der Waals surface area (Å²) >= 11 is 0. The molecule has 0 spiro atoms. The van der Waals surface area contributed by atoms with E-state index in [4.69, 9.17) is 5.11 Å². The molecule has 0 aliphatic rings. The summed E-state index contributed by atoms with van der Waals surface area (Å²) in [6, 6.07) is 11.6. The molecular formula is C15H15NO2. The van der Waals surface area contributed by atoms with E-state index in [-0.39, 0.29) is 0 Å². The van der Waals surface area contributed by atoms with Crippen LogP contribution in [0.25, 0.3) is 0 Å². The summed E-state index contributed by atoms with van der Waals surface area (Å²) in [5.74, 6) is -1.27. The Morgan fingerprint density at radius 3 is 2.72 bits per heavy atom. The topological polar surface area (TPSA) is 50.2 Å². The van der Waals surface area contributed by atoms with Gasteiger partial charge in [0.2, 0.25) is 0 Å². The van der Waals surface area contributed by atoms with Crippen LogP contribution in [0, 0.1) is 0 Å². The number of hydrogen-bond acceptors (Lipinski definition) is 2. The highest BCUT2D eigenvalue weighted by Crippen LogP contribution is 2.18. The Labute approximate surface area is 106 Å². The van der Waals surface area contributed by atoms with Gasteiger partial charge in [0.1, 0.15) is 0 Å². The van der Waals surface area contributed by atoms with Gasteiger partial charge in [-0.25, -0.2) is 0 Å². The van der Waals surface area contributed by atoms with Crippen LogP contribution in [-0.2, 0) is 11.2 Å². The van der Waals surface area contributed by atoms with E-state index in [0.717, 1.165) is 23.1 Å². The lowest BCUT2D eigenvalue weighted by Crippen LogP contribution is -2.07. The van der Waals surface area contributed by atoms with Crippen LogP contribution >= 0.6 is 0 Å². The molecule has 2 rings (SSSR count). The first-order chi connectivity index (χ1) is 8.66. The molecular weight excluding hydrogens is 226 g/mol. The second-order valence-corrected chi connectivity index (χ2v) is 4.34. The highest BCUT2D eigenvalue weighted by molar-refractivity contribution is 5.75. The van der Waals surface area contributed by atoms with Crippen LogP contribution in [0.1, 0.15) is 29.5 Å². The van der Waals surface area contributed by atoms with Crippen molar-refractivity contribution < 1.29 is 9.90 Å². The molecule has 0 aliphatic heterocycles. The third-order valence-electron chi connectivity index (χ3n) is 2.95. The molecule has 0 aliphatic carbocycles. The molecule has 0 saturated heterocycles. The van der Waals surface area contributed by atoms with Crippen LogP contribution in [0.3, 0.4) is 0 Å². The van der Waals surface area contributed by atoms with Gasteiger partial charge in [-0.1, -0.05) is 30.3 Å². The van der Waals surface area contributed by atoms with Crippen LogP contribution in [0.15, 0.2) is 48.8 Å². The first-order valence-corrected chi connectivity index (χ1v) is 5.87. The van der Waals surface area contributed by atoms with E-state index in [1.54, 1.807) is 13.1 Å². The lowest BCUT2D eigenvalue weighted by atomic mass is 9.97. The lowest BCUT2D eigenvalue weighted by molar-refractivity contribution is -0.138. The number of pyridine rings is 1. The maximum Gasteiger partial charge on any atom is 0.310 e. The molecule has 3 heteroatoms. The summed E-state index contributed by atoms with van der Waals surface area (Å²) in [5.41, 5.74) is 3.06. The molecule has 1 heterocycles. The van der Waals surface area contributed by atoms with Crippen molar-refractivity contribution in [2.75, 3.05) is 0 Å². The molecule has 0 saturated carbocycles. The molecule has 1 N–H and O–H groups in total. The van der Waals surface area contributed by atoms with Gasteiger partial charge in [-0.05, 0) is 36.1 Å².